The molecule has 0 spiro atoms. The molecule has 25 heavy (non-hydrogen) atoms. The van der Waals surface area contributed by atoms with Gasteiger partial charge in [0.15, 0.2) is 0 Å². The van der Waals surface area contributed by atoms with E-state index in [1.807, 2.05) is 12.1 Å². The Balaban J connectivity index is 1.76. The number of nitrogens with zero attached hydrogens (tertiary/aromatic N) is 1. The summed E-state index contributed by atoms with van der Waals surface area (Å²) in [7, 11) is -3.53. The lowest BCUT2D eigenvalue weighted by Crippen LogP contribution is -2.02. The van der Waals surface area contributed by atoms with Gasteiger partial charge in [-0.25, -0.2) is 8.42 Å². The maximum atomic E-state index is 12.5. The molecule has 124 valence electrons. The Bertz CT molecular complexity index is 1000. The lowest BCUT2D eigenvalue weighted by molar-refractivity contribution is 0.305. The van der Waals surface area contributed by atoms with Crippen molar-refractivity contribution in [3.63, 3.8) is 0 Å². The smallest absolute Gasteiger partial charge is 0.206 e. The molecule has 0 bridgehead atoms. The van der Waals surface area contributed by atoms with Gasteiger partial charge in [0.25, 0.3) is 0 Å². The molecule has 5 heteroatoms. The highest BCUT2D eigenvalue weighted by Crippen LogP contribution is 2.23. The topological polar surface area (TPSA) is 67.2 Å². The Kier molecular flexibility index (Phi) is 4.82. The fraction of sp³-hybridized carbons (Fsp3) is 0.0500. The van der Waals surface area contributed by atoms with Crippen LogP contribution in [-0.2, 0) is 16.4 Å². The van der Waals surface area contributed by atoms with Gasteiger partial charge < -0.3 is 4.74 Å². The van der Waals surface area contributed by atoms with Gasteiger partial charge in [-0.15, -0.1) is 0 Å². The maximum Gasteiger partial charge on any atom is 0.206 e. The Labute approximate surface area is 146 Å². The Hall–Kier alpha value is -3.10. The SMILES string of the molecule is N#Cc1ccccc1COc1ccc(S(=O)(=O)c2ccccc2)cc1. The number of ether oxygens (including phenoxy) is 1. The van der Waals surface area contributed by atoms with Crippen LogP contribution in [0.3, 0.4) is 0 Å². The number of hydrogen-bond donors (Lipinski definition) is 0. The summed E-state index contributed by atoms with van der Waals surface area (Å²) in [6, 6.07) is 23.9. The van der Waals surface area contributed by atoms with Crippen LogP contribution in [0.15, 0.2) is 88.7 Å². The van der Waals surface area contributed by atoms with E-state index in [0.717, 1.165) is 5.56 Å². The van der Waals surface area contributed by atoms with Crippen molar-refractivity contribution in [1.82, 2.24) is 0 Å². The summed E-state index contributed by atoms with van der Waals surface area (Å²) < 4.78 is 30.7. The fourth-order valence-electron chi connectivity index (χ4n) is 2.37. The van der Waals surface area contributed by atoms with E-state index in [1.165, 1.54) is 12.1 Å². The molecule has 0 atom stereocenters. The number of rotatable bonds is 5. The van der Waals surface area contributed by atoms with Crippen molar-refractivity contribution in [3.8, 4) is 11.8 Å². The van der Waals surface area contributed by atoms with Crippen LogP contribution < -0.4 is 4.74 Å². The molecule has 3 aromatic rings. The summed E-state index contributed by atoms with van der Waals surface area (Å²) >= 11 is 0. The molecule has 0 aromatic heterocycles. The van der Waals surface area contributed by atoms with Gasteiger partial charge in [-0.2, -0.15) is 5.26 Å². The van der Waals surface area contributed by atoms with E-state index >= 15 is 0 Å². The molecule has 0 amide bonds. The number of sulfone groups is 1. The van der Waals surface area contributed by atoms with E-state index in [2.05, 4.69) is 6.07 Å². The van der Waals surface area contributed by atoms with Crippen LogP contribution in [-0.4, -0.2) is 8.42 Å². The summed E-state index contributed by atoms with van der Waals surface area (Å²) in [6.07, 6.45) is 0. The molecule has 0 aliphatic heterocycles. The first-order chi connectivity index (χ1) is 12.1. The third kappa shape index (κ3) is 3.70. The van der Waals surface area contributed by atoms with Crippen molar-refractivity contribution in [2.24, 2.45) is 0 Å². The first-order valence-corrected chi connectivity index (χ1v) is 9.10. The molecule has 0 aliphatic rings. The molecular formula is C20H15NO3S. The number of hydrogen-bond acceptors (Lipinski definition) is 4. The maximum absolute atomic E-state index is 12.5. The van der Waals surface area contributed by atoms with E-state index in [4.69, 9.17) is 10.00 Å². The molecule has 0 saturated heterocycles. The minimum absolute atomic E-state index is 0.212. The van der Waals surface area contributed by atoms with Crippen molar-refractivity contribution < 1.29 is 13.2 Å². The van der Waals surface area contributed by atoms with E-state index in [1.54, 1.807) is 54.6 Å². The second-order valence-corrected chi connectivity index (χ2v) is 7.30. The quantitative estimate of drug-likeness (QED) is 0.699. The normalized spacial score (nSPS) is 10.8. The monoisotopic (exact) mass is 349 g/mol. The van der Waals surface area contributed by atoms with Crippen LogP contribution in [0.25, 0.3) is 0 Å². The molecule has 0 radical (unpaired) electrons. The number of nitriles is 1. The van der Waals surface area contributed by atoms with Crippen LogP contribution >= 0.6 is 0 Å². The van der Waals surface area contributed by atoms with E-state index in [9.17, 15) is 8.42 Å². The predicted octanol–water partition coefficient (Wildman–Crippen LogP) is 3.97. The molecule has 3 rings (SSSR count). The Morgan fingerprint density at radius 1 is 0.800 bits per heavy atom. The zero-order valence-electron chi connectivity index (χ0n) is 13.3. The second kappa shape index (κ2) is 7.20. The first kappa shape index (κ1) is 16.7. The van der Waals surface area contributed by atoms with Gasteiger partial charge in [0, 0.05) is 5.56 Å². The van der Waals surface area contributed by atoms with Crippen LogP contribution in [0, 0.1) is 11.3 Å². The van der Waals surface area contributed by atoms with E-state index in [-0.39, 0.29) is 16.4 Å². The van der Waals surface area contributed by atoms with Gasteiger partial charge in [0.2, 0.25) is 9.84 Å². The van der Waals surface area contributed by atoms with Gasteiger partial charge in [-0.3, -0.25) is 0 Å². The third-order valence-electron chi connectivity index (χ3n) is 3.72. The summed E-state index contributed by atoms with van der Waals surface area (Å²) in [5.41, 5.74) is 1.34. The largest absolute Gasteiger partial charge is 0.489 e. The zero-order valence-corrected chi connectivity index (χ0v) is 14.1. The molecule has 4 nitrogen and oxygen atoms in total. The van der Waals surface area contributed by atoms with Crippen LogP contribution in [0.2, 0.25) is 0 Å². The first-order valence-electron chi connectivity index (χ1n) is 7.62. The lowest BCUT2D eigenvalue weighted by Gasteiger charge is -2.09. The minimum Gasteiger partial charge on any atom is -0.489 e. The van der Waals surface area contributed by atoms with Crippen LogP contribution in [0.4, 0.5) is 0 Å². The van der Waals surface area contributed by atoms with Crippen LogP contribution in [0.5, 0.6) is 5.75 Å². The van der Waals surface area contributed by atoms with Gasteiger partial charge in [-0.1, -0.05) is 36.4 Å². The Morgan fingerprint density at radius 3 is 2.08 bits per heavy atom. The van der Waals surface area contributed by atoms with Crippen LogP contribution in [0.1, 0.15) is 11.1 Å². The van der Waals surface area contributed by atoms with Gasteiger partial charge in [0.05, 0.1) is 21.4 Å². The van der Waals surface area contributed by atoms with Crippen molar-refractivity contribution in [1.29, 1.82) is 5.26 Å². The standard InChI is InChI=1S/C20H15NO3S/c21-14-16-6-4-5-7-17(16)15-24-18-10-12-20(13-11-18)25(22,23)19-8-2-1-3-9-19/h1-13H,15H2. The fourth-order valence-corrected chi connectivity index (χ4v) is 3.65. The molecular weight excluding hydrogens is 334 g/mol. The average molecular weight is 349 g/mol. The zero-order chi connectivity index (χ0) is 17.7. The van der Waals surface area contributed by atoms with Gasteiger partial charge >= 0.3 is 0 Å². The van der Waals surface area contributed by atoms with E-state index in [0.29, 0.717) is 11.3 Å². The lowest BCUT2D eigenvalue weighted by atomic mass is 10.1. The van der Waals surface area contributed by atoms with Crippen molar-refractivity contribution in [2.75, 3.05) is 0 Å². The van der Waals surface area contributed by atoms with Gasteiger partial charge in [0.1, 0.15) is 12.4 Å². The molecule has 0 unspecified atom stereocenters. The Morgan fingerprint density at radius 2 is 1.40 bits per heavy atom. The molecule has 0 N–H and O–H groups in total. The highest BCUT2D eigenvalue weighted by molar-refractivity contribution is 7.91. The van der Waals surface area contributed by atoms with Gasteiger partial charge in [-0.05, 0) is 42.5 Å². The predicted molar refractivity (Wildman–Crippen MR) is 93.8 cm³/mol. The van der Waals surface area contributed by atoms with Crippen molar-refractivity contribution in [3.05, 3.63) is 90.0 Å². The summed E-state index contributed by atoms with van der Waals surface area (Å²) in [4.78, 5) is 0.468. The third-order valence-corrected chi connectivity index (χ3v) is 5.51. The van der Waals surface area contributed by atoms with Crippen molar-refractivity contribution >= 4 is 9.84 Å². The molecule has 0 heterocycles. The highest BCUT2D eigenvalue weighted by atomic mass is 32.2. The summed E-state index contributed by atoms with van der Waals surface area (Å²) in [5.74, 6) is 0.541. The number of benzene rings is 3. The average Bonchev–Trinajstić information content (AvgIpc) is 2.67. The minimum atomic E-state index is -3.53. The molecule has 0 saturated carbocycles. The second-order valence-electron chi connectivity index (χ2n) is 5.35. The van der Waals surface area contributed by atoms with E-state index < -0.39 is 9.84 Å². The van der Waals surface area contributed by atoms with Crippen molar-refractivity contribution in [2.45, 2.75) is 16.4 Å². The molecule has 3 aromatic carbocycles. The molecule has 0 fully saturated rings. The highest BCUT2D eigenvalue weighted by Gasteiger charge is 2.16. The summed E-state index contributed by atoms with van der Waals surface area (Å²) in [5, 5.41) is 9.08. The summed E-state index contributed by atoms with van der Waals surface area (Å²) in [6.45, 7) is 0.245. The molecule has 0 aliphatic carbocycles.